The van der Waals surface area contributed by atoms with Crippen molar-refractivity contribution in [2.24, 2.45) is 0 Å². The Labute approximate surface area is 149 Å². The summed E-state index contributed by atoms with van der Waals surface area (Å²) in [5.74, 6) is 1.43. The zero-order chi connectivity index (χ0) is 17.1. The van der Waals surface area contributed by atoms with Gasteiger partial charge >= 0.3 is 5.97 Å². The first-order valence-corrected chi connectivity index (χ1v) is 8.09. The Balaban J connectivity index is 1.82. The monoisotopic (exact) mass is 364 g/mol. The number of carbonyl (C=O) groups excluding carboxylic acids is 1. The zero-order valence-corrected chi connectivity index (χ0v) is 14.4. The molecule has 0 N–H and O–H groups in total. The Morgan fingerprint density at radius 2 is 2.00 bits per heavy atom. The zero-order valence-electron chi connectivity index (χ0n) is 12.8. The van der Waals surface area contributed by atoms with Crippen molar-refractivity contribution in [3.05, 3.63) is 58.1 Å². The summed E-state index contributed by atoms with van der Waals surface area (Å²) in [7, 11) is 1.51. The molecular weight excluding hydrogens is 351 g/mol. The second-order valence-corrected chi connectivity index (χ2v) is 5.88. The second-order valence-electron chi connectivity index (χ2n) is 5.18. The average molecular weight is 365 g/mol. The van der Waals surface area contributed by atoms with E-state index in [0.717, 1.165) is 11.1 Å². The molecule has 0 aliphatic carbocycles. The third-order valence-corrected chi connectivity index (χ3v) is 4.02. The minimum absolute atomic E-state index is 0.143. The van der Waals surface area contributed by atoms with Crippen molar-refractivity contribution in [3.63, 3.8) is 0 Å². The summed E-state index contributed by atoms with van der Waals surface area (Å²) < 4.78 is 16.1. The number of esters is 1. The van der Waals surface area contributed by atoms with Gasteiger partial charge in [0.15, 0.2) is 0 Å². The summed E-state index contributed by atoms with van der Waals surface area (Å²) in [5, 5.41) is 0.420. The van der Waals surface area contributed by atoms with Gasteiger partial charge in [-0.05, 0) is 35.9 Å². The Kier molecular flexibility index (Phi) is 4.97. The lowest BCUT2D eigenvalue weighted by atomic mass is 10.1. The van der Waals surface area contributed by atoms with Gasteiger partial charge in [-0.15, -0.1) is 11.6 Å². The number of fused-ring (bicyclic) bond motifs is 1. The number of alkyl halides is 1. The van der Waals surface area contributed by atoms with Gasteiger partial charge < -0.3 is 14.2 Å². The summed E-state index contributed by atoms with van der Waals surface area (Å²) in [4.78, 5) is 12.4. The van der Waals surface area contributed by atoms with E-state index in [9.17, 15) is 4.79 Å². The van der Waals surface area contributed by atoms with E-state index in [-0.39, 0.29) is 6.61 Å². The highest BCUT2D eigenvalue weighted by Crippen LogP contribution is 2.30. The standard InChI is InChI=1S/C18H14Cl2O4/c1-22-15-6-14(20)7-16(8-15)24-18(21)13-5-12-4-11(9-19)2-3-17(12)23-10-13/h2-8H,9-10H2,1H3. The predicted molar refractivity (Wildman–Crippen MR) is 93.1 cm³/mol. The molecule has 0 atom stereocenters. The molecule has 0 saturated heterocycles. The van der Waals surface area contributed by atoms with Crippen molar-refractivity contribution in [2.45, 2.75) is 5.88 Å². The lowest BCUT2D eigenvalue weighted by Crippen LogP contribution is -2.19. The van der Waals surface area contributed by atoms with E-state index in [1.165, 1.54) is 7.11 Å². The fraction of sp³-hybridized carbons (Fsp3) is 0.167. The topological polar surface area (TPSA) is 44.8 Å². The molecular formula is C18H14Cl2O4. The smallest absolute Gasteiger partial charge is 0.342 e. The fourth-order valence-electron chi connectivity index (χ4n) is 2.31. The maximum absolute atomic E-state index is 12.4. The van der Waals surface area contributed by atoms with Crippen molar-refractivity contribution in [1.29, 1.82) is 0 Å². The molecule has 0 amide bonds. The predicted octanol–water partition coefficient (Wildman–Crippen LogP) is 4.47. The van der Waals surface area contributed by atoms with Crippen LogP contribution in [0, 0.1) is 0 Å². The van der Waals surface area contributed by atoms with Gasteiger partial charge in [0.25, 0.3) is 0 Å². The first-order chi connectivity index (χ1) is 11.6. The maximum atomic E-state index is 12.4. The van der Waals surface area contributed by atoms with Crippen LogP contribution in [-0.2, 0) is 10.7 Å². The van der Waals surface area contributed by atoms with E-state index in [1.54, 1.807) is 24.3 Å². The summed E-state index contributed by atoms with van der Waals surface area (Å²) in [6.45, 7) is 0.143. The van der Waals surface area contributed by atoms with E-state index >= 15 is 0 Å². The van der Waals surface area contributed by atoms with Crippen molar-refractivity contribution in [2.75, 3.05) is 13.7 Å². The molecule has 0 saturated carbocycles. The third-order valence-electron chi connectivity index (χ3n) is 3.49. The Bertz CT molecular complexity index is 815. The van der Waals surface area contributed by atoms with Crippen LogP contribution in [0.15, 0.2) is 42.0 Å². The van der Waals surface area contributed by atoms with Gasteiger partial charge in [0.1, 0.15) is 23.9 Å². The van der Waals surface area contributed by atoms with Gasteiger partial charge in [0.05, 0.1) is 12.7 Å². The van der Waals surface area contributed by atoms with Gasteiger partial charge in [-0.25, -0.2) is 4.79 Å². The van der Waals surface area contributed by atoms with Crippen LogP contribution in [0.2, 0.25) is 5.02 Å². The molecule has 0 bridgehead atoms. The van der Waals surface area contributed by atoms with Crippen LogP contribution < -0.4 is 14.2 Å². The molecule has 0 fully saturated rings. The van der Waals surface area contributed by atoms with Gasteiger partial charge in [-0.3, -0.25) is 0 Å². The summed E-state index contributed by atoms with van der Waals surface area (Å²) in [5.41, 5.74) is 2.16. The summed E-state index contributed by atoms with van der Waals surface area (Å²) in [6, 6.07) is 10.4. The number of benzene rings is 2. The molecule has 0 aromatic heterocycles. The van der Waals surface area contributed by atoms with Crippen molar-refractivity contribution in [1.82, 2.24) is 0 Å². The van der Waals surface area contributed by atoms with Crippen LogP contribution in [0.4, 0.5) is 0 Å². The molecule has 124 valence electrons. The van der Waals surface area contributed by atoms with Crippen LogP contribution in [0.3, 0.4) is 0 Å². The normalized spacial score (nSPS) is 12.7. The molecule has 4 nitrogen and oxygen atoms in total. The average Bonchev–Trinajstić information content (AvgIpc) is 2.60. The number of carbonyl (C=O) groups is 1. The van der Waals surface area contributed by atoms with Crippen molar-refractivity contribution >= 4 is 35.2 Å². The van der Waals surface area contributed by atoms with Crippen LogP contribution in [0.5, 0.6) is 17.2 Å². The van der Waals surface area contributed by atoms with Crippen LogP contribution >= 0.6 is 23.2 Å². The van der Waals surface area contributed by atoms with E-state index in [4.69, 9.17) is 37.4 Å². The Morgan fingerprint density at radius 1 is 1.21 bits per heavy atom. The van der Waals surface area contributed by atoms with Crippen LogP contribution in [-0.4, -0.2) is 19.7 Å². The first-order valence-electron chi connectivity index (χ1n) is 7.18. The fourth-order valence-corrected chi connectivity index (χ4v) is 2.70. The molecule has 2 aromatic rings. The molecule has 0 unspecified atom stereocenters. The molecule has 0 spiro atoms. The van der Waals surface area contributed by atoms with Gasteiger partial charge in [-0.1, -0.05) is 17.7 Å². The molecule has 1 heterocycles. The van der Waals surface area contributed by atoms with Gasteiger partial charge in [0, 0.05) is 22.5 Å². The summed E-state index contributed by atoms with van der Waals surface area (Å²) >= 11 is 11.8. The van der Waals surface area contributed by atoms with E-state index in [0.29, 0.717) is 33.7 Å². The molecule has 2 aromatic carbocycles. The number of hydrogen-bond acceptors (Lipinski definition) is 4. The van der Waals surface area contributed by atoms with Gasteiger partial charge in [-0.2, -0.15) is 0 Å². The highest BCUT2D eigenvalue weighted by atomic mass is 35.5. The van der Waals surface area contributed by atoms with Gasteiger partial charge in [0.2, 0.25) is 0 Å². The minimum atomic E-state index is -0.499. The SMILES string of the molecule is COc1cc(Cl)cc(OC(=O)C2=Cc3cc(CCl)ccc3OC2)c1. The van der Waals surface area contributed by atoms with Crippen molar-refractivity contribution in [3.8, 4) is 17.2 Å². The highest BCUT2D eigenvalue weighted by Gasteiger charge is 2.19. The lowest BCUT2D eigenvalue weighted by molar-refractivity contribution is -0.130. The Hall–Kier alpha value is -2.17. The molecule has 6 heteroatoms. The molecule has 24 heavy (non-hydrogen) atoms. The van der Waals surface area contributed by atoms with E-state index in [1.807, 2.05) is 18.2 Å². The summed E-state index contributed by atoms with van der Waals surface area (Å²) in [6.07, 6.45) is 1.75. The van der Waals surface area contributed by atoms with E-state index in [2.05, 4.69) is 0 Å². The quantitative estimate of drug-likeness (QED) is 0.456. The van der Waals surface area contributed by atoms with Crippen LogP contribution in [0.1, 0.15) is 11.1 Å². The second kappa shape index (κ2) is 7.16. The largest absolute Gasteiger partial charge is 0.497 e. The third kappa shape index (κ3) is 3.66. The Morgan fingerprint density at radius 3 is 2.75 bits per heavy atom. The minimum Gasteiger partial charge on any atom is -0.497 e. The number of halogens is 2. The molecule has 1 aliphatic heterocycles. The highest BCUT2D eigenvalue weighted by molar-refractivity contribution is 6.30. The number of rotatable bonds is 4. The number of hydrogen-bond donors (Lipinski definition) is 0. The molecule has 0 radical (unpaired) electrons. The molecule has 1 aliphatic rings. The maximum Gasteiger partial charge on any atom is 0.342 e. The molecule has 3 rings (SSSR count). The lowest BCUT2D eigenvalue weighted by Gasteiger charge is -2.18. The first kappa shape index (κ1) is 16.7. The van der Waals surface area contributed by atoms with E-state index < -0.39 is 5.97 Å². The number of ether oxygens (including phenoxy) is 3. The number of methoxy groups -OCH3 is 1. The van der Waals surface area contributed by atoms with Crippen LogP contribution in [0.25, 0.3) is 6.08 Å². The van der Waals surface area contributed by atoms with Crippen molar-refractivity contribution < 1.29 is 19.0 Å².